The second kappa shape index (κ2) is 7.58. The number of hydrogen-bond donors (Lipinski definition) is 1. The zero-order valence-corrected chi connectivity index (χ0v) is 14.6. The largest absolute Gasteiger partial charge is 0.423 e. The van der Waals surface area contributed by atoms with E-state index in [9.17, 15) is 4.79 Å². The molecule has 0 radical (unpaired) electrons. The fourth-order valence-corrected chi connectivity index (χ4v) is 3.15. The molecule has 1 aliphatic heterocycles. The molecule has 0 aliphatic carbocycles. The first-order chi connectivity index (χ1) is 12.8. The van der Waals surface area contributed by atoms with Crippen molar-refractivity contribution in [3.63, 3.8) is 0 Å². The molecule has 6 heteroatoms. The molecule has 2 aromatic carbocycles. The molecule has 4 rings (SSSR count). The second-order valence-electron chi connectivity index (χ2n) is 6.49. The summed E-state index contributed by atoms with van der Waals surface area (Å²) in [5, 5.41) is 2.98. The third-order valence-electron chi connectivity index (χ3n) is 4.63. The van der Waals surface area contributed by atoms with Gasteiger partial charge in [-0.25, -0.2) is 0 Å². The second-order valence-corrected chi connectivity index (χ2v) is 6.49. The summed E-state index contributed by atoms with van der Waals surface area (Å²) in [5.41, 5.74) is 2.80. The number of amides is 1. The highest BCUT2D eigenvalue weighted by molar-refractivity contribution is 5.78. The first-order valence-corrected chi connectivity index (χ1v) is 8.91. The predicted octanol–water partition coefficient (Wildman–Crippen LogP) is 2.27. The highest BCUT2D eigenvalue weighted by Gasteiger charge is 2.22. The van der Waals surface area contributed by atoms with Crippen molar-refractivity contribution < 1.29 is 9.21 Å². The van der Waals surface area contributed by atoms with Gasteiger partial charge >= 0.3 is 0 Å². The number of benzene rings is 2. The highest BCUT2D eigenvalue weighted by atomic mass is 16.4. The van der Waals surface area contributed by atoms with Gasteiger partial charge in [-0.15, -0.1) is 0 Å². The summed E-state index contributed by atoms with van der Waals surface area (Å²) in [4.78, 5) is 21.0. The van der Waals surface area contributed by atoms with E-state index in [0.29, 0.717) is 19.1 Å². The third-order valence-corrected chi connectivity index (χ3v) is 4.63. The normalized spacial score (nSPS) is 15.3. The molecule has 6 nitrogen and oxygen atoms in total. The molecule has 1 amide bonds. The molecule has 0 bridgehead atoms. The van der Waals surface area contributed by atoms with Gasteiger partial charge in [0.1, 0.15) is 5.52 Å². The van der Waals surface area contributed by atoms with Crippen molar-refractivity contribution in [2.24, 2.45) is 0 Å². The lowest BCUT2D eigenvalue weighted by atomic mass is 10.2. The van der Waals surface area contributed by atoms with E-state index < -0.39 is 0 Å². The van der Waals surface area contributed by atoms with Crippen molar-refractivity contribution >= 4 is 23.0 Å². The fraction of sp³-hybridized carbons (Fsp3) is 0.300. The standard InChI is InChI=1S/C20H22N4O2/c25-19(21-14-16-6-2-1-3-7-16)15-23-10-12-24(13-11-23)20-22-17-8-4-5-9-18(17)26-20/h1-9H,10-15H2,(H,21,25). The molecule has 1 N–H and O–H groups in total. The Bertz CT molecular complexity index is 837. The van der Waals surface area contributed by atoms with Crippen LogP contribution in [0.2, 0.25) is 0 Å². The van der Waals surface area contributed by atoms with Crippen molar-refractivity contribution in [3.8, 4) is 0 Å². The Morgan fingerprint density at radius 1 is 1.00 bits per heavy atom. The number of carbonyl (C=O) groups excluding carboxylic acids is 1. The van der Waals surface area contributed by atoms with Crippen LogP contribution in [0.5, 0.6) is 0 Å². The van der Waals surface area contributed by atoms with Gasteiger partial charge < -0.3 is 14.6 Å². The number of aromatic nitrogens is 1. The smallest absolute Gasteiger partial charge is 0.298 e. The van der Waals surface area contributed by atoms with Crippen molar-refractivity contribution in [1.29, 1.82) is 0 Å². The maximum absolute atomic E-state index is 12.2. The van der Waals surface area contributed by atoms with Crippen molar-refractivity contribution in [1.82, 2.24) is 15.2 Å². The lowest BCUT2D eigenvalue weighted by Crippen LogP contribution is -2.49. The van der Waals surface area contributed by atoms with Crippen LogP contribution in [0.4, 0.5) is 6.01 Å². The zero-order chi connectivity index (χ0) is 17.8. The Morgan fingerprint density at radius 2 is 1.73 bits per heavy atom. The SMILES string of the molecule is O=C(CN1CCN(c2nc3ccccc3o2)CC1)NCc1ccccc1. The summed E-state index contributed by atoms with van der Waals surface area (Å²) >= 11 is 0. The zero-order valence-electron chi connectivity index (χ0n) is 14.6. The van der Waals surface area contributed by atoms with Gasteiger partial charge in [0.2, 0.25) is 5.91 Å². The van der Waals surface area contributed by atoms with Crippen LogP contribution in [0.25, 0.3) is 11.1 Å². The Kier molecular flexibility index (Phi) is 4.84. The molecule has 134 valence electrons. The van der Waals surface area contributed by atoms with Crippen molar-refractivity contribution in [2.45, 2.75) is 6.54 Å². The number of oxazole rings is 1. The number of fused-ring (bicyclic) bond motifs is 1. The van der Waals surface area contributed by atoms with Gasteiger partial charge in [0.15, 0.2) is 5.58 Å². The highest BCUT2D eigenvalue weighted by Crippen LogP contribution is 2.22. The number of nitrogens with one attached hydrogen (secondary N) is 1. The lowest BCUT2D eigenvalue weighted by molar-refractivity contribution is -0.122. The predicted molar refractivity (Wildman–Crippen MR) is 101 cm³/mol. The molecule has 1 fully saturated rings. The van der Waals surface area contributed by atoms with E-state index in [-0.39, 0.29) is 5.91 Å². The molecule has 1 aliphatic rings. The minimum atomic E-state index is 0.0594. The maximum Gasteiger partial charge on any atom is 0.298 e. The molecular weight excluding hydrogens is 328 g/mol. The molecule has 26 heavy (non-hydrogen) atoms. The Balaban J connectivity index is 1.26. The van der Waals surface area contributed by atoms with E-state index in [4.69, 9.17) is 4.42 Å². The van der Waals surface area contributed by atoms with E-state index in [2.05, 4.69) is 20.1 Å². The summed E-state index contributed by atoms with van der Waals surface area (Å²) < 4.78 is 5.83. The van der Waals surface area contributed by atoms with Crippen LogP contribution >= 0.6 is 0 Å². The number of carbonyl (C=O) groups is 1. The molecule has 1 aromatic heterocycles. The number of hydrogen-bond acceptors (Lipinski definition) is 5. The van der Waals surface area contributed by atoms with Gasteiger partial charge in [-0.3, -0.25) is 9.69 Å². The van der Waals surface area contributed by atoms with E-state index in [0.717, 1.165) is 42.8 Å². The minimum Gasteiger partial charge on any atom is -0.423 e. The molecule has 0 saturated carbocycles. The summed E-state index contributed by atoms with van der Waals surface area (Å²) in [6.45, 7) is 4.24. The Labute approximate surface area is 152 Å². The third kappa shape index (κ3) is 3.86. The number of anilines is 1. The average Bonchev–Trinajstić information content (AvgIpc) is 3.12. The van der Waals surface area contributed by atoms with Crippen LogP contribution in [-0.4, -0.2) is 48.5 Å². The van der Waals surface area contributed by atoms with Crippen LogP contribution in [0, 0.1) is 0 Å². The molecule has 0 unspecified atom stereocenters. The van der Waals surface area contributed by atoms with Crippen LogP contribution in [0.1, 0.15) is 5.56 Å². The fourth-order valence-electron chi connectivity index (χ4n) is 3.15. The topological polar surface area (TPSA) is 61.6 Å². The minimum absolute atomic E-state index is 0.0594. The Hall–Kier alpha value is -2.86. The number of para-hydroxylation sites is 2. The molecule has 0 atom stereocenters. The average molecular weight is 350 g/mol. The van der Waals surface area contributed by atoms with E-state index in [1.165, 1.54) is 0 Å². The monoisotopic (exact) mass is 350 g/mol. The van der Waals surface area contributed by atoms with E-state index in [1.807, 2.05) is 54.6 Å². The van der Waals surface area contributed by atoms with Gasteiger partial charge in [-0.05, 0) is 17.7 Å². The van der Waals surface area contributed by atoms with Gasteiger partial charge in [0.25, 0.3) is 6.01 Å². The van der Waals surface area contributed by atoms with Crippen LogP contribution in [0.3, 0.4) is 0 Å². The first kappa shape index (κ1) is 16.6. The van der Waals surface area contributed by atoms with Crippen molar-refractivity contribution in [3.05, 3.63) is 60.2 Å². The number of nitrogens with zero attached hydrogens (tertiary/aromatic N) is 3. The van der Waals surface area contributed by atoms with Crippen LogP contribution in [0.15, 0.2) is 59.0 Å². The summed E-state index contributed by atoms with van der Waals surface area (Å²) in [5.74, 6) is 0.0594. The maximum atomic E-state index is 12.2. The van der Waals surface area contributed by atoms with Gasteiger partial charge in [0.05, 0.1) is 6.54 Å². The molecule has 3 aromatic rings. The number of piperazine rings is 1. The Morgan fingerprint density at radius 3 is 2.50 bits per heavy atom. The van der Waals surface area contributed by atoms with E-state index >= 15 is 0 Å². The first-order valence-electron chi connectivity index (χ1n) is 8.91. The summed E-state index contributed by atoms with van der Waals surface area (Å²) in [7, 11) is 0. The summed E-state index contributed by atoms with van der Waals surface area (Å²) in [6, 6.07) is 18.4. The van der Waals surface area contributed by atoms with E-state index in [1.54, 1.807) is 0 Å². The van der Waals surface area contributed by atoms with Crippen LogP contribution in [-0.2, 0) is 11.3 Å². The van der Waals surface area contributed by atoms with Crippen molar-refractivity contribution in [2.75, 3.05) is 37.6 Å². The molecule has 0 spiro atoms. The quantitative estimate of drug-likeness (QED) is 0.765. The molecular formula is C20H22N4O2. The summed E-state index contributed by atoms with van der Waals surface area (Å²) in [6.07, 6.45) is 0. The van der Waals surface area contributed by atoms with Gasteiger partial charge in [0, 0.05) is 32.7 Å². The van der Waals surface area contributed by atoms with Gasteiger partial charge in [-0.1, -0.05) is 42.5 Å². The molecule has 1 saturated heterocycles. The number of rotatable bonds is 5. The molecule has 2 heterocycles. The van der Waals surface area contributed by atoms with Gasteiger partial charge in [-0.2, -0.15) is 4.98 Å². The van der Waals surface area contributed by atoms with Crippen LogP contribution < -0.4 is 10.2 Å². The lowest BCUT2D eigenvalue weighted by Gasteiger charge is -2.33.